The Hall–Kier alpha value is -2.32. The zero-order chi connectivity index (χ0) is 18.7. The first-order chi connectivity index (χ1) is 12.5. The Morgan fingerprint density at radius 3 is 2.77 bits per heavy atom. The highest BCUT2D eigenvalue weighted by Crippen LogP contribution is 2.37. The highest BCUT2D eigenvalue weighted by molar-refractivity contribution is 9.10. The van der Waals surface area contributed by atoms with Crippen molar-refractivity contribution in [3.63, 3.8) is 0 Å². The van der Waals surface area contributed by atoms with Crippen LogP contribution in [0.3, 0.4) is 0 Å². The smallest absolute Gasteiger partial charge is 0.264 e. The standard InChI is InChI=1S/C18H14BrFN2O3S/c1-2-25-14-8-10(7-13(19)16(14)23)9-15-17(24)22-18(26-15)21-12-5-3-11(20)4-6-12/h3-9,23H,2H2,1H3,(H,21,22,24)/b15-9+. The molecule has 0 radical (unpaired) electrons. The van der Waals surface area contributed by atoms with Crippen molar-refractivity contribution in [2.75, 3.05) is 6.61 Å². The largest absolute Gasteiger partial charge is 0.503 e. The zero-order valence-corrected chi connectivity index (χ0v) is 16.0. The number of phenols is 1. The first-order valence-corrected chi connectivity index (χ1v) is 9.27. The van der Waals surface area contributed by atoms with Gasteiger partial charge in [0, 0.05) is 0 Å². The molecular weight excluding hydrogens is 423 g/mol. The molecule has 1 amide bonds. The van der Waals surface area contributed by atoms with Gasteiger partial charge in [-0.05, 0) is 82.7 Å². The monoisotopic (exact) mass is 436 g/mol. The molecule has 0 spiro atoms. The molecule has 26 heavy (non-hydrogen) atoms. The lowest BCUT2D eigenvalue weighted by Crippen LogP contribution is -2.19. The van der Waals surface area contributed by atoms with Crippen molar-refractivity contribution in [2.45, 2.75) is 6.92 Å². The van der Waals surface area contributed by atoms with Gasteiger partial charge in [-0.1, -0.05) is 0 Å². The molecule has 3 rings (SSSR count). The van der Waals surface area contributed by atoms with Gasteiger partial charge in [-0.2, -0.15) is 0 Å². The maximum Gasteiger partial charge on any atom is 0.264 e. The van der Waals surface area contributed by atoms with Crippen LogP contribution in [-0.2, 0) is 4.79 Å². The number of carbonyl (C=O) groups is 1. The number of aliphatic imine (C=N–C) groups is 1. The van der Waals surface area contributed by atoms with Crippen molar-refractivity contribution in [2.24, 2.45) is 4.99 Å². The van der Waals surface area contributed by atoms with E-state index in [4.69, 9.17) is 4.74 Å². The van der Waals surface area contributed by atoms with Crippen molar-refractivity contribution in [1.29, 1.82) is 0 Å². The van der Waals surface area contributed by atoms with Crippen LogP contribution in [-0.4, -0.2) is 22.8 Å². The molecule has 0 aliphatic carbocycles. The van der Waals surface area contributed by atoms with Crippen LogP contribution in [0.4, 0.5) is 10.1 Å². The van der Waals surface area contributed by atoms with Gasteiger partial charge in [0.1, 0.15) is 5.82 Å². The van der Waals surface area contributed by atoms with Gasteiger partial charge in [-0.3, -0.25) is 4.79 Å². The molecule has 0 unspecified atom stereocenters. The Morgan fingerprint density at radius 2 is 2.08 bits per heavy atom. The zero-order valence-electron chi connectivity index (χ0n) is 13.6. The van der Waals surface area contributed by atoms with Crippen LogP contribution in [0.5, 0.6) is 11.5 Å². The van der Waals surface area contributed by atoms with Gasteiger partial charge in [-0.25, -0.2) is 9.38 Å². The van der Waals surface area contributed by atoms with Gasteiger partial charge < -0.3 is 15.2 Å². The van der Waals surface area contributed by atoms with Crippen molar-refractivity contribution < 1.29 is 19.0 Å². The predicted octanol–water partition coefficient (Wildman–Crippen LogP) is 4.58. The molecular formula is C18H14BrFN2O3S. The van der Waals surface area contributed by atoms with Crippen molar-refractivity contribution in [3.05, 3.63) is 57.2 Å². The summed E-state index contributed by atoms with van der Waals surface area (Å²) >= 11 is 4.45. The Morgan fingerprint density at radius 1 is 1.35 bits per heavy atom. The van der Waals surface area contributed by atoms with Gasteiger partial charge in [0.15, 0.2) is 16.7 Å². The summed E-state index contributed by atoms with van der Waals surface area (Å²) in [5, 5.41) is 13.1. The number of amides is 1. The van der Waals surface area contributed by atoms with Gasteiger partial charge in [0.05, 0.1) is 21.7 Å². The van der Waals surface area contributed by atoms with E-state index in [0.717, 1.165) is 0 Å². The molecule has 2 N–H and O–H groups in total. The van der Waals surface area contributed by atoms with Crippen LogP contribution in [0.1, 0.15) is 12.5 Å². The maximum atomic E-state index is 13.0. The van der Waals surface area contributed by atoms with E-state index in [-0.39, 0.29) is 17.5 Å². The van der Waals surface area contributed by atoms with Crippen LogP contribution in [0.15, 0.2) is 50.8 Å². The lowest BCUT2D eigenvalue weighted by atomic mass is 10.2. The molecule has 1 heterocycles. The Balaban J connectivity index is 1.86. The maximum absolute atomic E-state index is 13.0. The summed E-state index contributed by atoms with van der Waals surface area (Å²) in [4.78, 5) is 16.9. The number of nitrogens with zero attached hydrogens (tertiary/aromatic N) is 1. The summed E-state index contributed by atoms with van der Waals surface area (Å²) in [6.07, 6.45) is 1.68. The molecule has 0 atom stereocenters. The first kappa shape index (κ1) is 18.5. The number of amidine groups is 1. The van der Waals surface area contributed by atoms with E-state index in [9.17, 15) is 14.3 Å². The molecule has 0 bridgehead atoms. The van der Waals surface area contributed by atoms with E-state index < -0.39 is 0 Å². The number of ether oxygens (including phenoxy) is 1. The Labute approximate surface area is 162 Å². The minimum atomic E-state index is -0.347. The molecule has 0 saturated carbocycles. The number of aromatic hydroxyl groups is 1. The number of rotatable bonds is 4. The number of phenolic OH excluding ortho intramolecular Hbond substituents is 1. The summed E-state index contributed by atoms with van der Waals surface area (Å²) in [6, 6.07) is 9.01. The van der Waals surface area contributed by atoms with Crippen LogP contribution in [0.2, 0.25) is 0 Å². The molecule has 1 saturated heterocycles. The lowest BCUT2D eigenvalue weighted by molar-refractivity contribution is -0.115. The van der Waals surface area contributed by atoms with Crippen molar-refractivity contribution in [1.82, 2.24) is 5.32 Å². The molecule has 1 fully saturated rings. The summed E-state index contributed by atoms with van der Waals surface area (Å²) in [5.41, 5.74) is 1.24. The summed E-state index contributed by atoms with van der Waals surface area (Å²) in [6.45, 7) is 2.22. The quantitative estimate of drug-likeness (QED) is 0.687. The molecule has 8 heteroatoms. The third-order valence-electron chi connectivity index (χ3n) is 3.36. The second-order valence-corrected chi connectivity index (χ2v) is 7.13. The second kappa shape index (κ2) is 7.92. The van der Waals surface area contributed by atoms with Crippen molar-refractivity contribution in [3.8, 4) is 11.5 Å². The van der Waals surface area contributed by atoms with Crippen LogP contribution >= 0.6 is 27.7 Å². The average molecular weight is 437 g/mol. The van der Waals surface area contributed by atoms with Crippen LogP contribution in [0, 0.1) is 5.82 Å². The molecule has 5 nitrogen and oxygen atoms in total. The molecule has 2 aromatic rings. The number of benzene rings is 2. The van der Waals surface area contributed by atoms with Crippen molar-refractivity contribution >= 4 is 50.5 Å². The number of thioether (sulfide) groups is 1. The molecule has 0 aromatic heterocycles. The van der Waals surface area contributed by atoms with Gasteiger partial charge in [0.2, 0.25) is 0 Å². The molecule has 134 valence electrons. The fourth-order valence-electron chi connectivity index (χ4n) is 2.21. The van der Waals surface area contributed by atoms with E-state index in [2.05, 4.69) is 26.2 Å². The summed E-state index contributed by atoms with van der Waals surface area (Å²) < 4.78 is 18.8. The van der Waals surface area contributed by atoms with Gasteiger partial charge >= 0.3 is 0 Å². The Kier molecular flexibility index (Phi) is 5.63. The third-order valence-corrected chi connectivity index (χ3v) is 4.87. The number of hydrogen-bond acceptors (Lipinski definition) is 5. The van der Waals surface area contributed by atoms with E-state index in [1.807, 2.05) is 6.92 Å². The molecule has 2 aromatic carbocycles. The average Bonchev–Trinajstić information content (AvgIpc) is 2.94. The van der Waals surface area contributed by atoms with E-state index in [0.29, 0.717) is 38.2 Å². The predicted molar refractivity (Wildman–Crippen MR) is 104 cm³/mol. The molecule has 1 aliphatic heterocycles. The first-order valence-electron chi connectivity index (χ1n) is 7.66. The van der Waals surface area contributed by atoms with E-state index in [1.165, 1.54) is 36.0 Å². The minimum absolute atomic E-state index is 0.0103. The summed E-state index contributed by atoms with van der Waals surface area (Å²) in [7, 11) is 0. The second-order valence-electron chi connectivity index (χ2n) is 5.24. The van der Waals surface area contributed by atoms with Gasteiger partial charge in [-0.15, -0.1) is 0 Å². The highest BCUT2D eigenvalue weighted by atomic mass is 79.9. The number of hydrogen-bond donors (Lipinski definition) is 2. The number of nitrogens with one attached hydrogen (secondary N) is 1. The normalized spacial score (nSPS) is 17.0. The topological polar surface area (TPSA) is 70.9 Å². The Bertz CT molecular complexity index is 913. The number of halogens is 2. The van der Waals surface area contributed by atoms with E-state index >= 15 is 0 Å². The van der Waals surface area contributed by atoms with Crippen LogP contribution in [0.25, 0.3) is 6.08 Å². The van der Waals surface area contributed by atoms with E-state index in [1.54, 1.807) is 18.2 Å². The fraction of sp³-hybridized carbons (Fsp3) is 0.111. The lowest BCUT2D eigenvalue weighted by Gasteiger charge is -2.08. The highest BCUT2D eigenvalue weighted by Gasteiger charge is 2.24. The fourth-order valence-corrected chi connectivity index (χ4v) is 3.51. The SMILES string of the molecule is CCOc1cc(/C=C2/SC(=Nc3ccc(F)cc3)NC2=O)cc(Br)c1O. The van der Waals surface area contributed by atoms with Gasteiger partial charge in [0.25, 0.3) is 5.91 Å². The van der Waals surface area contributed by atoms with Crippen LogP contribution < -0.4 is 10.1 Å². The molecule has 1 aliphatic rings. The third kappa shape index (κ3) is 4.25. The number of carbonyl (C=O) groups excluding carboxylic acids is 1. The minimum Gasteiger partial charge on any atom is -0.503 e. The summed E-state index contributed by atoms with van der Waals surface area (Å²) in [5.74, 6) is -0.285.